The van der Waals surface area contributed by atoms with Crippen molar-refractivity contribution in [3.8, 4) is 0 Å². The molecule has 0 amide bonds. The molecule has 0 radical (unpaired) electrons. The van der Waals surface area contributed by atoms with Crippen LogP contribution in [0.1, 0.15) is 168 Å². The first kappa shape index (κ1) is 44.4. The van der Waals surface area contributed by atoms with Gasteiger partial charge in [0.05, 0.1) is 11.0 Å². The van der Waals surface area contributed by atoms with E-state index in [2.05, 4.69) is 65.3 Å². The average Bonchev–Trinajstić information content (AvgIpc) is 4.05. The Balaban J connectivity index is 1.00. The second-order valence-electron chi connectivity index (χ2n) is 26.0. The summed E-state index contributed by atoms with van der Waals surface area (Å²) >= 11 is 0. The molecule has 4 spiro atoms. The van der Waals surface area contributed by atoms with Crippen LogP contribution >= 0.6 is 0 Å². The number of nitrogens with two attached hydrogens (primary N) is 1. The highest BCUT2D eigenvalue weighted by atomic mass is 16.6. The fraction of sp³-hybridized carbons (Fsp3) is 0.651. The number of rotatable bonds is 5. The molecule has 0 aromatic heterocycles. The van der Waals surface area contributed by atoms with Crippen LogP contribution in [0.25, 0.3) is 0 Å². The molecule has 8 heteroatoms. The Bertz CT molecular complexity index is 2760. The number of nitrogens with zero attached hydrogens (tertiary/aromatic N) is 2. The normalized spacial score (nSPS) is 41.1. The number of esters is 2. The van der Waals surface area contributed by atoms with Gasteiger partial charge in [-0.2, -0.15) is 0 Å². The minimum atomic E-state index is -1.17. The number of benzene rings is 2. The first-order valence-electron chi connectivity index (χ1n) is 29.1. The van der Waals surface area contributed by atoms with Gasteiger partial charge < -0.3 is 25.2 Å². The fourth-order valence-electron chi connectivity index (χ4n) is 20.8. The van der Waals surface area contributed by atoms with Crippen LogP contribution in [-0.2, 0) is 39.1 Å². The van der Waals surface area contributed by atoms with Gasteiger partial charge in [-0.1, -0.05) is 104 Å². The standard InChI is InChI=1S/C63H77N3O5/c1-37-27-42-19-20-50-44-30-40-34-65(36-44)46(32-45-16-4-5-22-60(45)23-6-7-24-60)33-51(67)57-61-25-21-47-49-31-43(53(37)55(47)56(42)66(50)35-40)29-39-13-8-12-38(28-39)11-2-3-18-52(62(49,61)59(69)70-57)63(61)48-17-9-14-41(15-10-26-64)54(48)58(68)71-63/h8-9,12-14,17,28,31,37,40,44-46,50,52-53,55,67H,2-7,10-11,15-16,18-27,29-30,32-36,64H2,1H3. The number of aryl methyl sites for hydroxylation is 2. The molecule has 2 aromatic carbocycles. The van der Waals surface area contributed by atoms with E-state index >= 15 is 9.59 Å². The maximum atomic E-state index is 16.4. The summed E-state index contributed by atoms with van der Waals surface area (Å²) in [5.74, 6) is 2.66. The van der Waals surface area contributed by atoms with Crippen LogP contribution in [0.5, 0.6) is 0 Å². The van der Waals surface area contributed by atoms with Crippen molar-refractivity contribution in [2.45, 2.75) is 172 Å². The number of carbonyl (C=O) groups is 2. The van der Waals surface area contributed by atoms with E-state index in [1.165, 1.54) is 98.5 Å². The molecule has 9 aliphatic heterocycles. The number of piperidine rings is 2. The Kier molecular flexibility index (Phi) is 9.95. The second kappa shape index (κ2) is 15.9. The molecule has 13 atom stereocenters. The number of aliphatic hydroxyl groups is 1. The van der Waals surface area contributed by atoms with E-state index in [-0.39, 0.29) is 35.6 Å². The van der Waals surface area contributed by atoms with Crippen LogP contribution in [0.3, 0.4) is 0 Å². The van der Waals surface area contributed by atoms with Crippen molar-refractivity contribution in [2.24, 2.45) is 63.4 Å². The SMILES string of the molecule is CC1CC2=C3C4C5=C6C=C(Cc7cccc(c7)CCCCC7C68C(=O)OC(=C(O)CC(CC6CCCCC69CCCC9)N6CC9CC(C6)C(CC2)N3C9)C8(CC5)C72OC(=O)c3c(CCCN)cccc32)C14. The highest BCUT2D eigenvalue weighted by Crippen LogP contribution is 2.87. The zero-order chi connectivity index (χ0) is 47.6. The van der Waals surface area contributed by atoms with Gasteiger partial charge in [0.1, 0.15) is 11.2 Å². The van der Waals surface area contributed by atoms with E-state index in [9.17, 15) is 5.11 Å². The summed E-state index contributed by atoms with van der Waals surface area (Å²) < 4.78 is 14.5. The molecular formula is C63H77N3O5. The summed E-state index contributed by atoms with van der Waals surface area (Å²) in [5, 5.41) is 13.7. The molecular weight excluding hydrogens is 879 g/mol. The molecule has 6 fully saturated rings. The highest BCUT2D eigenvalue weighted by Gasteiger charge is 2.93. The van der Waals surface area contributed by atoms with Crippen LogP contribution in [0, 0.1) is 57.7 Å². The zero-order valence-corrected chi connectivity index (χ0v) is 42.5. The minimum Gasteiger partial charge on any atom is -0.509 e. The topological polar surface area (TPSA) is 105 Å². The summed E-state index contributed by atoms with van der Waals surface area (Å²) in [5.41, 5.74) is 15.9. The lowest BCUT2D eigenvalue weighted by Crippen LogP contribution is -2.77. The van der Waals surface area contributed by atoms with Gasteiger partial charge in [-0.25, -0.2) is 4.79 Å². The molecule has 3 saturated carbocycles. The van der Waals surface area contributed by atoms with Gasteiger partial charge in [-0.3, -0.25) is 9.69 Å². The number of ether oxygens (including phenoxy) is 2. The number of hydrogen-bond acceptors (Lipinski definition) is 8. The third kappa shape index (κ3) is 5.76. The number of aliphatic hydroxyl groups excluding tert-OH is 1. The molecule has 7 aliphatic carbocycles. The molecule has 71 heavy (non-hydrogen) atoms. The summed E-state index contributed by atoms with van der Waals surface area (Å²) in [4.78, 5) is 37.4. The van der Waals surface area contributed by atoms with Crippen LogP contribution < -0.4 is 5.73 Å². The van der Waals surface area contributed by atoms with Gasteiger partial charge >= 0.3 is 11.9 Å². The van der Waals surface area contributed by atoms with Gasteiger partial charge in [0.15, 0.2) is 11.4 Å². The predicted octanol–water partition coefficient (Wildman–Crippen LogP) is 11.7. The molecule has 8 nitrogen and oxygen atoms in total. The van der Waals surface area contributed by atoms with Crippen molar-refractivity contribution < 1.29 is 24.2 Å². The Morgan fingerprint density at radius 3 is 2.58 bits per heavy atom. The van der Waals surface area contributed by atoms with Crippen LogP contribution in [0.2, 0.25) is 0 Å². The largest absolute Gasteiger partial charge is 0.509 e. The Labute approximate surface area is 421 Å². The highest BCUT2D eigenvalue weighted by molar-refractivity contribution is 6.00. The minimum absolute atomic E-state index is 0.141. The van der Waals surface area contributed by atoms with Crippen LogP contribution in [0.4, 0.5) is 0 Å². The lowest BCUT2D eigenvalue weighted by molar-refractivity contribution is -0.276. The fourth-order valence-corrected chi connectivity index (χ4v) is 20.8. The number of carbonyl (C=O) groups excluding carboxylic acids is 2. The monoisotopic (exact) mass is 956 g/mol. The van der Waals surface area contributed by atoms with Gasteiger partial charge in [-0.15, -0.1) is 0 Å². The lowest BCUT2D eigenvalue weighted by Gasteiger charge is -2.71. The van der Waals surface area contributed by atoms with Gasteiger partial charge in [0.25, 0.3) is 0 Å². The zero-order valence-electron chi connectivity index (χ0n) is 42.5. The molecule has 3 N–H and O–H groups in total. The van der Waals surface area contributed by atoms with Crippen molar-refractivity contribution >= 4 is 11.9 Å². The predicted molar refractivity (Wildman–Crippen MR) is 274 cm³/mol. The van der Waals surface area contributed by atoms with Gasteiger partial charge in [0, 0.05) is 61.2 Å². The Morgan fingerprint density at radius 2 is 1.70 bits per heavy atom. The van der Waals surface area contributed by atoms with E-state index in [0.717, 1.165) is 88.5 Å². The Morgan fingerprint density at radius 1 is 0.873 bits per heavy atom. The van der Waals surface area contributed by atoms with Gasteiger partial charge in [-0.05, 0) is 173 Å². The molecule has 16 aliphatic rings. The molecule has 2 aromatic rings. The quantitative estimate of drug-likeness (QED) is 0.286. The molecule has 9 heterocycles. The van der Waals surface area contributed by atoms with Crippen molar-refractivity contribution in [1.29, 1.82) is 0 Å². The number of allylic oxidation sites excluding steroid dienone is 4. The molecule has 18 rings (SSSR count). The van der Waals surface area contributed by atoms with Crippen molar-refractivity contribution in [3.05, 3.63) is 116 Å². The number of fused-ring (bicyclic) bond motifs is 6. The first-order chi connectivity index (χ1) is 34.7. The van der Waals surface area contributed by atoms with Crippen molar-refractivity contribution in [1.82, 2.24) is 9.80 Å². The Hall–Kier alpha value is -4.14. The molecule has 13 unspecified atom stereocenters. The van der Waals surface area contributed by atoms with E-state index in [1.54, 1.807) is 11.3 Å². The number of hydrogen-bond donors (Lipinski definition) is 2. The van der Waals surface area contributed by atoms with E-state index in [1.807, 2.05) is 0 Å². The summed E-state index contributed by atoms with van der Waals surface area (Å²) in [6.45, 7) is 6.33. The summed E-state index contributed by atoms with van der Waals surface area (Å²) in [7, 11) is 0. The van der Waals surface area contributed by atoms with Crippen LogP contribution in [0.15, 0.2) is 88.0 Å². The van der Waals surface area contributed by atoms with Crippen molar-refractivity contribution in [2.75, 3.05) is 26.2 Å². The maximum absolute atomic E-state index is 16.4. The lowest BCUT2D eigenvalue weighted by atomic mass is 9.29. The van der Waals surface area contributed by atoms with Crippen molar-refractivity contribution in [3.63, 3.8) is 0 Å². The molecule has 3 saturated heterocycles. The average molecular weight is 956 g/mol. The van der Waals surface area contributed by atoms with E-state index in [4.69, 9.17) is 15.2 Å². The molecule has 374 valence electrons. The van der Waals surface area contributed by atoms with Gasteiger partial charge in [0.2, 0.25) is 0 Å². The first-order valence-corrected chi connectivity index (χ1v) is 29.1. The summed E-state index contributed by atoms with van der Waals surface area (Å²) in [6, 6.07) is 16.4. The third-order valence-corrected chi connectivity index (χ3v) is 23.1. The van der Waals surface area contributed by atoms with E-state index in [0.29, 0.717) is 78.2 Å². The second-order valence-corrected chi connectivity index (χ2v) is 26.0. The maximum Gasteiger partial charge on any atom is 0.339 e. The molecule has 15 bridgehead atoms. The summed E-state index contributed by atoms with van der Waals surface area (Å²) in [6.07, 6.45) is 26.9. The van der Waals surface area contributed by atoms with Crippen LogP contribution in [-0.4, -0.2) is 65.1 Å². The van der Waals surface area contributed by atoms with E-state index < -0.39 is 16.4 Å². The third-order valence-electron chi connectivity index (χ3n) is 23.1. The smallest absolute Gasteiger partial charge is 0.339 e.